The smallest absolute Gasteiger partial charge is 0.322 e. The second kappa shape index (κ2) is 7.54. The third-order valence-electron chi connectivity index (χ3n) is 4.57. The molecule has 0 aromatic heterocycles. The third kappa shape index (κ3) is 3.47. The molecule has 2 aromatic rings. The van der Waals surface area contributed by atoms with E-state index in [-0.39, 0.29) is 27.7 Å². The maximum atomic E-state index is 14.2. The van der Waals surface area contributed by atoms with Crippen molar-refractivity contribution in [2.24, 2.45) is 0 Å². The predicted molar refractivity (Wildman–Crippen MR) is 90.1 cm³/mol. The van der Waals surface area contributed by atoms with E-state index >= 15 is 0 Å². The fourth-order valence-corrected chi connectivity index (χ4v) is 5.33. The first-order valence-corrected chi connectivity index (χ1v) is 9.83. The lowest BCUT2D eigenvalue weighted by molar-refractivity contribution is -0.140. The Morgan fingerprint density at radius 3 is 1.90 bits per heavy atom. The second-order valence-corrected chi connectivity index (χ2v) is 8.45. The molecule has 1 fully saturated rings. The summed E-state index contributed by atoms with van der Waals surface area (Å²) in [5, 5.41) is 9.66. The van der Waals surface area contributed by atoms with Gasteiger partial charge in [0.2, 0.25) is 5.82 Å². The summed E-state index contributed by atoms with van der Waals surface area (Å²) in [6.45, 7) is 0. The number of aliphatic carboxylic acids is 1. The Labute approximate surface area is 166 Å². The van der Waals surface area contributed by atoms with Gasteiger partial charge >= 0.3 is 5.97 Å². The molecule has 0 amide bonds. The zero-order valence-corrected chi connectivity index (χ0v) is 15.7. The summed E-state index contributed by atoms with van der Waals surface area (Å²) in [7, 11) is -5.44. The first-order valence-electron chi connectivity index (χ1n) is 8.01. The molecule has 0 radical (unpaired) electrons. The van der Waals surface area contributed by atoms with Crippen LogP contribution in [0.5, 0.6) is 0 Å². The van der Waals surface area contributed by atoms with E-state index in [0.29, 0.717) is 0 Å². The minimum Gasteiger partial charge on any atom is -0.480 e. The van der Waals surface area contributed by atoms with Crippen molar-refractivity contribution < 1.29 is 40.3 Å². The van der Waals surface area contributed by atoms with Crippen LogP contribution >= 0.6 is 11.6 Å². The van der Waals surface area contributed by atoms with Gasteiger partial charge in [-0.25, -0.2) is 30.4 Å². The molecule has 0 spiro atoms. The van der Waals surface area contributed by atoms with Crippen molar-refractivity contribution in [2.75, 3.05) is 0 Å². The van der Waals surface area contributed by atoms with E-state index in [1.54, 1.807) is 0 Å². The maximum absolute atomic E-state index is 14.2. The predicted octanol–water partition coefficient (Wildman–Crippen LogP) is 4.01. The Bertz CT molecular complexity index is 1060. The van der Waals surface area contributed by atoms with E-state index in [1.807, 2.05) is 0 Å². The Hall–Kier alpha value is -2.24. The van der Waals surface area contributed by atoms with Crippen LogP contribution in [0.1, 0.15) is 24.4 Å². The Morgan fingerprint density at radius 2 is 1.41 bits per heavy atom. The minimum atomic E-state index is -5.44. The highest BCUT2D eigenvalue weighted by atomic mass is 35.5. The van der Waals surface area contributed by atoms with E-state index in [9.17, 15) is 40.3 Å². The molecule has 1 N–H and O–H groups in total. The molecular weight excluding hydrogens is 445 g/mol. The highest BCUT2D eigenvalue weighted by Gasteiger charge is 2.49. The van der Waals surface area contributed by atoms with E-state index < -0.39 is 62.1 Å². The van der Waals surface area contributed by atoms with Crippen molar-refractivity contribution in [3.63, 3.8) is 0 Å². The molecule has 1 heterocycles. The van der Waals surface area contributed by atoms with Gasteiger partial charge in [0, 0.05) is 5.02 Å². The van der Waals surface area contributed by atoms with Gasteiger partial charge in [-0.05, 0) is 30.5 Å². The van der Waals surface area contributed by atoms with Gasteiger partial charge in [0.1, 0.15) is 6.04 Å². The van der Waals surface area contributed by atoms with E-state index in [2.05, 4.69) is 0 Å². The minimum absolute atomic E-state index is 0.0623. The van der Waals surface area contributed by atoms with Gasteiger partial charge < -0.3 is 5.11 Å². The molecule has 1 aliphatic heterocycles. The van der Waals surface area contributed by atoms with Crippen LogP contribution < -0.4 is 0 Å². The van der Waals surface area contributed by atoms with Crippen LogP contribution in [-0.2, 0) is 14.8 Å². The number of carbonyl (C=O) groups is 1. The normalized spacial score (nSPS) is 20.2. The second-order valence-electron chi connectivity index (χ2n) is 6.23. The van der Waals surface area contributed by atoms with Crippen molar-refractivity contribution >= 4 is 27.6 Å². The molecular formula is C17H11ClF5NO4S. The number of halogens is 6. The molecule has 29 heavy (non-hydrogen) atoms. The Balaban J connectivity index is 2.23. The van der Waals surface area contributed by atoms with Crippen LogP contribution in [-0.4, -0.2) is 29.8 Å². The van der Waals surface area contributed by atoms with Crippen molar-refractivity contribution in [2.45, 2.75) is 29.8 Å². The van der Waals surface area contributed by atoms with Crippen LogP contribution in [0, 0.1) is 29.1 Å². The monoisotopic (exact) mass is 455 g/mol. The number of nitrogens with zero attached hydrogens (tertiary/aromatic N) is 1. The molecule has 0 saturated carbocycles. The Morgan fingerprint density at radius 1 is 0.931 bits per heavy atom. The molecule has 2 atom stereocenters. The molecule has 3 rings (SSSR count). The number of benzene rings is 2. The van der Waals surface area contributed by atoms with Crippen molar-refractivity contribution in [1.29, 1.82) is 0 Å². The molecule has 1 saturated heterocycles. The van der Waals surface area contributed by atoms with Crippen molar-refractivity contribution in [1.82, 2.24) is 4.31 Å². The average molecular weight is 456 g/mol. The van der Waals surface area contributed by atoms with Crippen LogP contribution in [0.15, 0.2) is 29.2 Å². The molecule has 1 aliphatic rings. The molecule has 12 heteroatoms. The van der Waals surface area contributed by atoms with Crippen LogP contribution in [0.4, 0.5) is 22.0 Å². The van der Waals surface area contributed by atoms with Gasteiger partial charge in [-0.1, -0.05) is 23.7 Å². The van der Waals surface area contributed by atoms with Gasteiger partial charge in [-0.3, -0.25) is 4.79 Å². The average Bonchev–Trinajstić information content (AvgIpc) is 3.12. The first-order chi connectivity index (χ1) is 13.5. The lowest BCUT2D eigenvalue weighted by atomic mass is 10.1. The summed E-state index contributed by atoms with van der Waals surface area (Å²) in [6.07, 6.45) is -0.301. The van der Waals surface area contributed by atoms with E-state index in [1.165, 1.54) is 24.3 Å². The van der Waals surface area contributed by atoms with Gasteiger partial charge in [0.05, 0.1) is 6.04 Å². The highest BCUT2D eigenvalue weighted by Crippen LogP contribution is 2.42. The van der Waals surface area contributed by atoms with Gasteiger partial charge in [0.25, 0.3) is 10.0 Å². The number of hydrogen-bond donors (Lipinski definition) is 1. The lowest BCUT2D eigenvalue weighted by Gasteiger charge is -2.28. The summed E-state index contributed by atoms with van der Waals surface area (Å²) >= 11 is 5.77. The largest absolute Gasteiger partial charge is 0.480 e. The van der Waals surface area contributed by atoms with Crippen LogP contribution in [0.3, 0.4) is 0 Å². The first kappa shape index (κ1) is 21.5. The summed E-state index contributed by atoms with van der Waals surface area (Å²) in [4.78, 5) is 9.46. The summed E-state index contributed by atoms with van der Waals surface area (Å²) in [5.74, 6) is -14.2. The van der Waals surface area contributed by atoms with Crippen LogP contribution in [0.25, 0.3) is 0 Å². The number of sulfonamides is 1. The maximum Gasteiger partial charge on any atom is 0.322 e. The molecule has 156 valence electrons. The van der Waals surface area contributed by atoms with Crippen LogP contribution in [0.2, 0.25) is 5.02 Å². The van der Waals surface area contributed by atoms with Crippen molar-refractivity contribution in [3.8, 4) is 0 Å². The third-order valence-corrected chi connectivity index (χ3v) is 6.76. The fraction of sp³-hybridized carbons (Fsp3) is 0.235. The van der Waals surface area contributed by atoms with Gasteiger partial charge in [-0.2, -0.15) is 4.31 Å². The quantitative estimate of drug-likeness (QED) is 0.429. The number of carboxylic acid groups (broad SMARTS) is 1. The van der Waals surface area contributed by atoms with E-state index in [4.69, 9.17) is 11.6 Å². The van der Waals surface area contributed by atoms with Gasteiger partial charge in [0.15, 0.2) is 28.2 Å². The standard InChI is InChI=1S/C17H11ClF5NO4S/c18-8-3-1-7(2-4-8)9-5-6-10(17(25)26)24(9)29(27,28)16-14(22)12(20)11(19)13(21)15(16)23/h1-4,9-10H,5-6H2,(H,25,26)/t9-,10-/m0/s1. The molecule has 5 nitrogen and oxygen atoms in total. The zero-order valence-electron chi connectivity index (χ0n) is 14.2. The summed E-state index contributed by atoms with van der Waals surface area (Å²) in [5.41, 5.74) is 0.241. The lowest BCUT2D eigenvalue weighted by Crippen LogP contribution is -2.42. The zero-order chi connectivity index (χ0) is 21.7. The van der Waals surface area contributed by atoms with Gasteiger partial charge in [-0.15, -0.1) is 0 Å². The fourth-order valence-electron chi connectivity index (χ4n) is 3.27. The summed E-state index contributed by atoms with van der Waals surface area (Å²) in [6, 6.07) is 2.53. The highest BCUT2D eigenvalue weighted by molar-refractivity contribution is 7.89. The van der Waals surface area contributed by atoms with Crippen molar-refractivity contribution in [3.05, 3.63) is 63.9 Å². The molecule has 2 aromatic carbocycles. The van der Waals surface area contributed by atoms with E-state index in [0.717, 1.165) is 0 Å². The SMILES string of the molecule is O=C(O)[C@@H]1CC[C@@H](c2ccc(Cl)cc2)N1S(=O)(=O)c1c(F)c(F)c(F)c(F)c1F. The topological polar surface area (TPSA) is 74.7 Å². The molecule has 0 aliphatic carbocycles. The number of carboxylic acids is 1. The Kier molecular flexibility index (Phi) is 5.58. The molecule has 0 unspecified atom stereocenters. The molecule has 0 bridgehead atoms. The summed E-state index contributed by atoms with van der Waals surface area (Å²) < 4.78 is 95.0. The number of hydrogen-bond acceptors (Lipinski definition) is 3. The number of rotatable bonds is 4.